The normalized spacial score (nSPS) is 16.8. The Hall–Kier alpha value is -4.66. The number of carbonyl (C=O) groups excluding carboxylic acids is 3. The van der Waals surface area contributed by atoms with Crippen molar-refractivity contribution in [3.8, 4) is 0 Å². The van der Waals surface area contributed by atoms with E-state index in [1.807, 2.05) is 83.8 Å². The number of nitrogens with zero attached hydrogens (tertiary/aromatic N) is 2. The molecule has 0 radical (unpaired) electrons. The molecule has 6 rings (SSSR count). The highest BCUT2D eigenvalue weighted by Gasteiger charge is 2.32. The summed E-state index contributed by atoms with van der Waals surface area (Å²) >= 11 is 6.11. The molecule has 1 fully saturated rings. The number of hydrogen-bond acceptors (Lipinski definition) is 5. The molecule has 4 aromatic rings. The molecule has 2 unspecified atom stereocenters. The zero-order valence-electron chi connectivity index (χ0n) is 24.9. The Kier molecular flexibility index (Phi) is 9.43. The number of carbonyl (C=O) groups is 3. The largest absolute Gasteiger partial charge is 0.367 e. The van der Waals surface area contributed by atoms with Gasteiger partial charge in [-0.05, 0) is 59.5 Å². The van der Waals surface area contributed by atoms with Crippen LogP contribution >= 0.6 is 11.6 Å². The summed E-state index contributed by atoms with van der Waals surface area (Å²) < 4.78 is 0. The molecular formula is C36H36ClN5O3. The first-order chi connectivity index (χ1) is 21.9. The topological polar surface area (TPSA) is 93.8 Å². The zero-order valence-corrected chi connectivity index (χ0v) is 25.7. The molecule has 3 amide bonds. The molecule has 0 aliphatic carbocycles. The fourth-order valence-electron chi connectivity index (χ4n) is 6.02. The Morgan fingerprint density at radius 3 is 2.22 bits per heavy atom. The second kappa shape index (κ2) is 14.0. The predicted octanol–water partition coefficient (Wildman–Crippen LogP) is 4.68. The predicted molar refractivity (Wildman–Crippen MR) is 177 cm³/mol. The third-order valence-electron chi connectivity index (χ3n) is 8.48. The minimum Gasteiger partial charge on any atom is -0.367 e. The van der Waals surface area contributed by atoms with Gasteiger partial charge in [0.2, 0.25) is 11.8 Å². The van der Waals surface area contributed by atoms with Crippen LogP contribution in [0.25, 0.3) is 0 Å². The minimum atomic E-state index is -0.729. The molecule has 2 aliphatic rings. The van der Waals surface area contributed by atoms with Gasteiger partial charge in [0.05, 0.1) is 11.6 Å². The van der Waals surface area contributed by atoms with Crippen molar-refractivity contribution in [3.63, 3.8) is 0 Å². The standard InChI is InChI=1S/C36H36ClN5O3/c37-28-16-14-25(15-17-28)22-32(40-35(44)31-23-26-8-4-5-9-27(26)24-38-31)36(45)42-20-18-41(19-21-42)33-13-7-6-12-30(33)34(43)39-29-10-2-1-3-11-29/h1-17,31-32,38H,18-24H2,(H,39,43)(H,40,44). The number of anilines is 2. The van der Waals surface area contributed by atoms with Gasteiger partial charge in [-0.1, -0.05) is 78.3 Å². The van der Waals surface area contributed by atoms with E-state index >= 15 is 0 Å². The Balaban J connectivity index is 1.13. The molecule has 2 aliphatic heterocycles. The number of hydrogen-bond donors (Lipinski definition) is 3. The molecule has 45 heavy (non-hydrogen) atoms. The molecule has 230 valence electrons. The smallest absolute Gasteiger partial charge is 0.257 e. The Morgan fingerprint density at radius 2 is 1.47 bits per heavy atom. The highest BCUT2D eigenvalue weighted by atomic mass is 35.5. The number of halogens is 1. The van der Waals surface area contributed by atoms with Crippen LogP contribution in [-0.2, 0) is 29.0 Å². The van der Waals surface area contributed by atoms with Crippen molar-refractivity contribution >= 4 is 40.7 Å². The molecular weight excluding hydrogens is 586 g/mol. The lowest BCUT2D eigenvalue weighted by Gasteiger charge is -2.38. The number of benzene rings is 4. The highest BCUT2D eigenvalue weighted by Crippen LogP contribution is 2.24. The van der Waals surface area contributed by atoms with Crippen molar-refractivity contribution in [3.05, 3.63) is 130 Å². The lowest BCUT2D eigenvalue weighted by atomic mass is 9.95. The third-order valence-corrected chi connectivity index (χ3v) is 8.73. The summed E-state index contributed by atoms with van der Waals surface area (Å²) in [5.41, 5.74) is 5.38. The molecule has 2 atom stereocenters. The van der Waals surface area contributed by atoms with E-state index in [0.29, 0.717) is 56.2 Å². The second-order valence-corrected chi connectivity index (χ2v) is 11.9. The first-order valence-corrected chi connectivity index (χ1v) is 15.7. The maximum atomic E-state index is 14.0. The van der Waals surface area contributed by atoms with Crippen LogP contribution < -0.4 is 20.9 Å². The van der Waals surface area contributed by atoms with Gasteiger partial charge in [-0.2, -0.15) is 0 Å². The van der Waals surface area contributed by atoms with E-state index in [1.54, 1.807) is 12.1 Å². The quantitative estimate of drug-likeness (QED) is 0.266. The average molecular weight is 622 g/mol. The highest BCUT2D eigenvalue weighted by molar-refractivity contribution is 6.30. The molecule has 8 nitrogen and oxygen atoms in total. The van der Waals surface area contributed by atoms with Crippen LogP contribution in [-0.4, -0.2) is 60.9 Å². The third kappa shape index (κ3) is 7.36. The summed E-state index contributed by atoms with van der Waals surface area (Å²) in [6.45, 7) is 2.66. The molecule has 3 N–H and O–H groups in total. The van der Waals surface area contributed by atoms with Crippen LogP contribution in [0.2, 0.25) is 5.02 Å². The van der Waals surface area contributed by atoms with Crippen molar-refractivity contribution in [2.45, 2.75) is 31.5 Å². The Morgan fingerprint density at radius 1 is 0.800 bits per heavy atom. The summed E-state index contributed by atoms with van der Waals surface area (Å²) in [7, 11) is 0. The van der Waals surface area contributed by atoms with Crippen molar-refractivity contribution in [1.82, 2.24) is 15.5 Å². The van der Waals surface area contributed by atoms with Gasteiger partial charge in [-0.15, -0.1) is 0 Å². The Labute approximate surface area is 268 Å². The van der Waals surface area contributed by atoms with Crippen molar-refractivity contribution < 1.29 is 14.4 Å². The zero-order chi connectivity index (χ0) is 31.2. The van der Waals surface area contributed by atoms with Crippen LogP contribution in [0.15, 0.2) is 103 Å². The number of rotatable bonds is 8. The number of fused-ring (bicyclic) bond motifs is 1. The molecule has 1 saturated heterocycles. The summed E-state index contributed by atoms with van der Waals surface area (Å²) in [6, 6.07) is 31.2. The van der Waals surface area contributed by atoms with Gasteiger partial charge in [-0.25, -0.2) is 0 Å². The number of nitrogens with one attached hydrogen (secondary N) is 3. The van der Waals surface area contributed by atoms with Gasteiger partial charge in [0.1, 0.15) is 6.04 Å². The summed E-state index contributed by atoms with van der Waals surface area (Å²) in [4.78, 5) is 44.6. The fraction of sp³-hybridized carbons (Fsp3) is 0.250. The van der Waals surface area contributed by atoms with Gasteiger partial charge < -0.3 is 25.8 Å². The van der Waals surface area contributed by atoms with E-state index in [9.17, 15) is 14.4 Å². The van der Waals surface area contributed by atoms with E-state index in [2.05, 4.69) is 33.0 Å². The van der Waals surface area contributed by atoms with Crippen LogP contribution in [0.5, 0.6) is 0 Å². The van der Waals surface area contributed by atoms with Gasteiger partial charge in [-0.3, -0.25) is 14.4 Å². The van der Waals surface area contributed by atoms with Crippen LogP contribution in [0.4, 0.5) is 11.4 Å². The van der Waals surface area contributed by atoms with Crippen LogP contribution in [0.1, 0.15) is 27.0 Å². The molecule has 0 spiro atoms. The van der Waals surface area contributed by atoms with E-state index in [1.165, 1.54) is 5.56 Å². The monoisotopic (exact) mass is 621 g/mol. The maximum Gasteiger partial charge on any atom is 0.257 e. The number of para-hydroxylation sites is 2. The number of piperazine rings is 1. The molecule has 2 heterocycles. The summed E-state index contributed by atoms with van der Waals surface area (Å²) in [5, 5.41) is 9.99. The van der Waals surface area contributed by atoms with Crippen molar-refractivity contribution in [2.75, 3.05) is 36.4 Å². The molecule has 0 aromatic heterocycles. The van der Waals surface area contributed by atoms with Crippen molar-refractivity contribution in [2.24, 2.45) is 0 Å². The van der Waals surface area contributed by atoms with Gasteiger partial charge in [0.15, 0.2) is 0 Å². The summed E-state index contributed by atoms with van der Waals surface area (Å²) in [5.74, 6) is -0.488. The van der Waals surface area contributed by atoms with E-state index in [4.69, 9.17) is 11.6 Å². The maximum absolute atomic E-state index is 14.0. The van der Waals surface area contributed by atoms with Gasteiger partial charge >= 0.3 is 0 Å². The molecule has 4 aromatic carbocycles. The molecule has 0 bridgehead atoms. The van der Waals surface area contributed by atoms with E-state index in [0.717, 1.165) is 22.5 Å². The van der Waals surface area contributed by atoms with Gasteiger partial charge in [0.25, 0.3) is 5.91 Å². The lowest BCUT2D eigenvalue weighted by molar-refractivity contribution is -0.137. The van der Waals surface area contributed by atoms with Crippen molar-refractivity contribution in [1.29, 1.82) is 0 Å². The first-order valence-electron chi connectivity index (χ1n) is 15.3. The minimum absolute atomic E-state index is 0.121. The lowest BCUT2D eigenvalue weighted by Crippen LogP contribution is -2.58. The molecule has 0 saturated carbocycles. The van der Waals surface area contributed by atoms with Crippen LogP contribution in [0.3, 0.4) is 0 Å². The van der Waals surface area contributed by atoms with Gasteiger partial charge in [0, 0.05) is 55.5 Å². The molecule has 9 heteroatoms. The first kappa shape index (κ1) is 30.4. The Bertz CT molecular complexity index is 1660. The second-order valence-electron chi connectivity index (χ2n) is 11.4. The van der Waals surface area contributed by atoms with E-state index in [-0.39, 0.29) is 17.7 Å². The summed E-state index contributed by atoms with van der Waals surface area (Å²) in [6.07, 6.45) is 0.924. The van der Waals surface area contributed by atoms with Crippen LogP contribution in [0, 0.1) is 0 Å². The average Bonchev–Trinajstić information content (AvgIpc) is 3.09. The van der Waals surface area contributed by atoms with E-state index < -0.39 is 12.1 Å². The number of amides is 3. The SMILES string of the molecule is O=C(Nc1ccccc1)c1ccccc1N1CCN(C(=O)C(Cc2ccc(Cl)cc2)NC(=O)C2Cc3ccccc3CN2)CC1. The fourth-order valence-corrected chi connectivity index (χ4v) is 6.14.